The fraction of sp³-hybridized carbons (Fsp3) is 0.0952. The Labute approximate surface area is 168 Å². The summed E-state index contributed by atoms with van der Waals surface area (Å²) in [5.74, 6) is 0.471. The second-order valence-electron chi connectivity index (χ2n) is 6.42. The van der Waals surface area contributed by atoms with Crippen molar-refractivity contribution >= 4 is 32.6 Å². The number of nitrogens with two attached hydrogens (primary N) is 1. The molecule has 0 aliphatic rings. The fourth-order valence-electron chi connectivity index (χ4n) is 3.21. The number of rotatable bonds is 6. The number of hydrogen-bond acceptors (Lipinski definition) is 4. The third-order valence-corrected chi connectivity index (χ3v) is 6.60. The van der Waals surface area contributed by atoms with Crippen LogP contribution in [0, 0.1) is 0 Å². The zero-order valence-electron chi connectivity index (χ0n) is 15.0. The quantitative estimate of drug-likeness (QED) is 0.488. The van der Waals surface area contributed by atoms with E-state index in [9.17, 15) is 8.42 Å². The number of nitrogens with zero attached hydrogens (tertiary/aromatic N) is 2. The van der Waals surface area contributed by atoms with Crippen molar-refractivity contribution in [2.75, 3.05) is 0 Å². The Balaban J connectivity index is 1.58. The lowest BCUT2D eigenvalue weighted by molar-refractivity contribution is 0.597. The lowest BCUT2D eigenvalue weighted by Crippen LogP contribution is -2.14. The van der Waals surface area contributed by atoms with E-state index in [0.29, 0.717) is 17.9 Å². The summed E-state index contributed by atoms with van der Waals surface area (Å²) in [6, 6.07) is 21.4. The molecule has 142 valence electrons. The molecule has 0 radical (unpaired) electrons. The highest BCUT2D eigenvalue weighted by atomic mass is 32.2. The Kier molecular flexibility index (Phi) is 5.21. The van der Waals surface area contributed by atoms with E-state index in [2.05, 4.69) is 39.9 Å². The average Bonchev–Trinajstić information content (AvgIpc) is 3.13. The lowest BCUT2D eigenvalue weighted by atomic mass is 10.0. The molecule has 0 saturated carbocycles. The number of primary sulfonamides is 1. The molecule has 0 spiro atoms. The highest BCUT2D eigenvalue weighted by molar-refractivity contribution is 7.98. The van der Waals surface area contributed by atoms with Crippen molar-refractivity contribution in [3.63, 3.8) is 0 Å². The van der Waals surface area contributed by atoms with Gasteiger partial charge in [0.25, 0.3) is 0 Å². The van der Waals surface area contributed by atoms with Gasteiger partial charge in [-0.3, -0.25) is 0 Å². The smallest absolute Gasteiger partial charge is 0.238 e. The summed E-state index contributed by atoms with van der Waals surface area (Å²) >= 11 is 1.49. The summed E-state index contributed by atoms with van der Waals surface area (Å²) in [5.41, 5.74) is 1.89. The standard InChI is InChI=1S/C21H19N3O2S2/c22-28(25,26)20-11-4-2-7-18(20)15-27-21-23-12-13-24(21)14-17-9-5-8-16-6-1-3-10-19(16)17/h1-13H,14-15H2,(H2,22,25,26). The molecule has 0 bridgehead atoms. The van der Waals surface area contributed by atoms with E-state index in [1.54, 1.807) is 18.3 Å². The van der Waals surface area contributed by atoms with Crippen LogP contribution in [0.15, 0.2) is 89.2 Å². The topological polar surface area (TPSA) is 78.0 Å². The molecule has 0 aliphatic carbocycles. The zero-order chi connectivity index (χ0) is 19.6. The van der Waals surface area contributed by atoms with Crippen LogP contribution in [0.4, 0.5) is 0 Å². The number of imidazole rings is 1. The maximum Gasteiger partial charge on any atom is 0.238 e. The molecule has 1 aromatic heterocycles. The van der Waals surface area contributed by atoms with Crippen LogP contribution in [0.3, 0.4) is 0 Å². The average molecular weight is 410 g/mol. The SMILES string of the molecule is NS(=O)(=O)c1ccccc1CSc1nccn1Cc1cccc2ccccc12. The molecule has 7 heteroatoms. The van der Waals surface area contributed by atoms with Crippen molar-refractivity contribution in [2.24, 2.45) is 5.14 Å². The Morgan fingerprint density at radius 3 is 2.50 bits per heavy atom. The molecule has 3 aromatic carbocycles. The van der Waals surface area contributed by atoms with E-state index >= 15 is 0 Å². The van der Waals surface area contributed by atoms with Crippen molar-refractivity contribution in [1.29, 1.82) is 0 Å². The minimum Gasteiger partial charge on any atom is -0.322 e. The van der Waals surface area contributed by atoms with Crippen molar-refractivity contribution in [3.8, 4) is 0 Å². The predicted molar refractivity (Wildman–Crippen MR) is 113 cm³/mol. The minimum absolute atomic E-state index is 0.162. The summed E-state index contributed by atoms with van der Waals surface area (Å²) in [5, 5.41) is 8.59. The van der Waals surface area contributed by atoms with Crippen molar-refractivity contribution in [1.82, 2.24) is 9.55 Å². The second-order valence-corrected chi connectivity index (χ2v) is 8.89. The first kappa shape index (κ1) is 18.7. The Hall–Kier alpha value is -2.61. The minimum atomic E-state index is -3.75. The van der Waals surface area contributed by atoms with Gasteiger partial charge in [0.1, 0.15) is 0 Å². The fourth-order valence-corrected chi connectivity index (χ4v) is 5.04. The van der Waals surface area contributed by atoms with E-state index in [4.69, 9.17) is 5.14 Å². The summed E-state index contributed by atoms with van der Waals surface area (Å²) in [4.78, 5) is 4.61. The van der Waals surface area contributed by atoms with E-state index < -0.39 is 10.0 Å². The summed E-state index contributed by atoms with van der Waals surface area (Å²) < 4.78 is 25.7. The molecule has 4 aromatic rings. The van der Waals surface area contributed by atoms with Crippen LogP contribution >= 0.6 is 11.8 Å². The van der Waals surface area contributed by atoms with Crippen molar-refractivity contribution in [2.45, 2.75) is 22.3 Å². The number of fused-ring (bicyclic) bond motifs is 1. The third kappa shape index (κ3) is 3.96. The van der Waals surface area contributed by atoms with Crippen LogP contribution in [0.25, 0.3) is 10.8 Å². The second kappa shape index (κ2) is 7.79. The maximum absolute atomic E-state index is 11.8. The van der Waals surface area contributed by atoms with Gasteiger partial charge in [0, 0.05) is 18.1 Å². The van der Waals surface area contributed by atoms with Crippen LogP contribution < -0.4 is 5.14 Å². The molecule has 2 N–H and O–H groups in total. The van der Waals surface area contributed by atoms with Crippen molar-refractivity contribution < 1.29 is 8.42 Å². The third-order valence-electron chi connectivity index (χ3n) is 4.53. The molecule has 0 fully saturated rings. The van der Waals surface area contributed by atoms with Crippen LogP contribution in [-0.4, -0.2) is 18.0 Å². The molecule has 0 unspecified atom stereocenters. The Bertz CT molecular complexity index is 1230. The van der Waals surface area contributed by atoms with Gasteiger partial charge in [-0.2, -0.15) is 0 Å². The molecular formula is C21H19N3O2S2. The number of benzene rings is 3. The molecule has 4 rings (SSSR count). The van der Waals surface area contributed by atoms with Gasteiger partial charge in [0.15, 0.2) is 5.16 Å². The normalized spacial score (nSPS) is 11.8. The van der Waals surface area contributed by atoms with Gasteiger partial charge in [-0.05, 0) is 28.0 Å². The highest BCUT2D eigenvalue weighted by Crippen LogP contribution is 2.26. The van der Waals surface area contributed by atoms with Crippen LogP contribution in [0.2, 0.25) is 0 Å². The van der Waals surface area contributed by atoms with Gasteiger partial charge in [-0.1, -0.05) is 72.4 Å². The molecular weight excluding hydrogens is 390 g/mol. The summed E-state index contributed by atoms with van der Waals surface area (Å²) in [7, 11) is -3.75. The Morgan fingerprint density at radius 1 is 0.929 bits per heavy atom. The molecule has 1 heterocycles. The number of sulfonamides is 1. The number of aromatic nitrogens is 2. The lowest BCUT2D eigenvalue weighted by Gasteiger charge is -2.11. The summed E-state index contributed by atoms with van der Waals surface area (Å²) in [6.45, 7) is 0.695. The van der Waals surface area contributed by atoms with E-state index in [0.717, 1.165) is 5.16 Å². The van der Waals surface area contributed by atoms with Gasteiger partial charge in [0.2, 0.25) is 10.0 Å². The zero-order valence-corrected chi connectivity index (χ0v) is 16.7. The molecule has 0 saturated heterocycles. The van der Waals surface area contributed by atoms with Gasteiger partial charge >= 0.3 is 0 Å². The number of hydrogen-bond donors (Lipinski definition) is 1. The van der Waals surface area contributed by atoms with Crippen LogP contribution in [-0.2, 0) is 22.3 Å². The summed E-state index contributed by atoms with van der Waals surface area (Å²) in [6.07, 6.45) is 3.70. The van der Waals surface area contributed by atoms with Gasteiger partial charge in [-0.15, -0.1) is 0 Å². The van der Waals surface area contributed by atoms with Crippen LogP contribution in [0.5, 0.6) is 0 Å². The van der Waals surface area contributed by atoms with Crippen LogP contribution in [0.1, 0.15) is 11.1 Å². The van der Waals surface area contributed by atoms with Gasteiger partial charge < -0.3 is 4.57 Å². The number of thioether (sulfide) groups is 1. The van der Waals surface area contributed by atoms with Gasteiger partial charge in [0.05, 0.1) is 11.4 Å². The first-order chi connectivity index (χ1) is 13.5. The first-order valence-electron chi connectivity index (χ1n) is 8.73. The Morgan fingerprint density at radius 2 is 1.64 bits per heavy atom. The molecule has 28 heavy (non-hydrogen) atoms. The molecule has 0 atom stereocenters. The highest BCUT2D eigenvalue weighted by Gasteiger charge is 2.14. The largest absolute Gasteiger partial charge is 0.322 e. The maximum atomic E-state index is 11.8. The van der Waals surface area contributed by atoms with Crippen molar-refractivity contribution in [3.05, 3.63) is 90.3 Å². The van der Waals surface area contributed by atoms with E-state index in [-0.39, 0.29) is 4.90 Å². The molecule has 0 amide bonds. The predicted octanol–water partition coefficient (Wildman–Crippen LogP) is 4.02. The molecule has 0 aliphatic heterocycles. The first-order valence-corrected chi connectivity index (χ1v) is 11.3. The van der Waals surface area contributed by atoms with E-state index in [1.807, 2.05) is 24.4 Å². The van der Waals surface area contributed by atoms with Gasteiger partial charge in [-0.25, -0.2) is 18.5 Å². The molecule has 5 nitrogen and oxygen atoms in total. The van der Waals surface area contributed by atoms with E-state index in [1.165, 1.54) is 34.2 Å². The monoisotopic (exact) mass is 409 g/mol.